The Morgan fingerprint density at radius 3 is 2.81 bits per heavy atom. The molecule has 5 nitrogen and oxygen atoms in total. The summed E-state index contributed by atoms with van der Waals surface area (Å²) in [6.45, 7) is 0.734. The van der Waals surface area contributed by atoms with Crippen LogP contribution in [0.2, 0.25) is 0 Å². The third kappa shape index (κ3) is 4.59. The summed E-state index contributed by atoms with van der Waals surface area (Å²) in [7, 11) is 0. The summed E-state index contributed by atoms with van der Waals surface area (Å²) >= 11 is 0. The van der Waals surface area contributed by atoms with Crippen molar-refractivity contribution in [3.63, 3.8) is 0 Å². The highest BCUT2D eigenvalue weighted by Crippen LogP contribution is 2.38. The molecule has 8 heteroatoms. The van der Waals surface area contributed by atoms with Crippen molar-refractivity contribution < 1.29 is 27.8 Å². The van der Waals surface area contributed by atoms with Crippen LogP contribution in [-0.2, 0) is 17.5 Å². The van der Waals surface area contributed by atoms with Crippen molar-refractivity contribution >= 4 is 28.1 Å². The minimum absolute atomic E-state index is 0.00397. The van der Waals surface area contributed by atoms with Crippen molar-refractivity contribution in [2.45, 2.75) is 25.6 Å². The van der Waals surface area contributed by atoms with Crippen LogP contribution in [0, 0.1) is 0 Å². The molecule has 0 bridgehead atoms. The van der Waals surface area contributed by atoms with E-state index in [9.17, 15) is 23.1 Å². The molecule has 162 valence electrons. The van der Waals surface area contributed by atoms with Crippen molar-refractivity contribution in [3.05, 3.63) is 65.9 Å². The lowest BCUT2D eigenvalue weighted by molar-refractivity contribution is -0.137. The molecule has 0 unspecified atom stereocenters. The van der Waals surface area contributed by atoms with Gasteiger partial charge in [-0.1, -0.05) is 12.1 Å². The van der Waals surface area contributed by atoms with Crippen LogP contribution >= 0.6 is 0 Å². The minimum atomic E-state index is -4.46. The smallest absolute Gasteiger partial charge is 0.416 e. The summed E-state index contributed by atoms with van der Waals surface area (Å²) in [6, 6.07) is 10.7. The zero-order valence-electron chi connectivity index (χ0n) is 16.6. The molecule has 2 N–H and O–H groups in total. The molecule has 4 rings (SSSR count). The summed E-state index contributed by atoms with van der Waals surface area (Å²) in [6.07, 6.45) is -0.0674. The first-order chi connectivity index (χ1) is 14.8. The van der Waals surface area contributed by atoms with Crippen LogP contribution in [-0.4, -0.2) is 28.8 Å². The molecule has 0 atom stereocenters. The number of aliphatic hydroxyl groups excluding tert-OH is 1. The number of nitrogens with zero attached hydrogens (tertiary/aromatic N) is 1. The zero-order valence-corrected chi connectivity index (χ0v) is 16.6. The molecule has 1 amide bonds. The number of fused-ring (bicyclic) bond motifs is 2. The fourth-order valence-electron chi connectivity index (χ4n) is 3.71. The Balaban J connectivity index is 1.59. The number of anilines is 1. The number of amides is 1. The van der Waals surface area contributed by atoms with Crippen LogP contribution in [0.1, 0.15) is 24.0 Å². The Hall–Kier alpha value is -3.26. The van der Waals surface area contributed by atoms with E-state index in [1.807, 2.05) is 29.0 Å². The van der Waals surface area contributed by atoms with Crippen LogP contribution < -0.4 is 10.1 Å². The van der Waals surface area contributed by atoms with Crippen molar-refractivity contribution in [2.75, 3.05) is 18.5 Å². The maximum atomic E-state index is 13.0. The Labute approximate surface area is 176 Å². The van der Waals surface area contributed by atoms with Crippen LogP contribution in [0.4, 0.5) is 18.9 Å². The number of benzene rings is 2. The molecule has 0 fully saturated rings. The summed E-state index contributed by atoms with van der Waals surface area (Å²) in [5, 5.41) is 13.0. The van der Waals surface area contributed by atoms with Crippen molar-refractivity contribution in [3.8, 4) is 5.75 Å². The lowest BCUT2D eigenvalue weighted by atomic mass is 9.99. The van der Waals surface area contributed by atoms with E-state index >= 15 is 0 Å². The summed E-state index contributed by atoms with van der Waals surface area (Å²) in [4.78, 5) is 12.7. The molecule has 0 aliphatic carbocycles. The molecule has 1 aliphatic rings. The molecule has 0 saturated heterocycles. The number of rotatable bonds is 4. The van der Waals surface area contributed by atoms with Gasteiger partial charge < -0.3 is 19.7 Å². The predicted molar refractivity (Wildman–Crippen MR) is 112 cm³/mol. The van der Waals surface area contributed by atoms with Gasteiger partial charge in [0.05, 0.1) is 24.3 Å². The normalized spacial score (nSPS) is 15.4. The number of ether oxygens (including phenoxy) is 1. The third-order valence-corrected chi connectivity index (χ3v) is 5.19. The molecule has 0 saturated carbocycles. The Kier molecular flexibility index (Phi) is 5.73. The second-order valence-electron chi connectivity index (χ2n) is 7.33. The summed E-state index contributed by atoms with van der Waals surface area (Å²) in [5.74, 6) is -0.239. The van der Waals surface area contributed by atoms with E-state index < -0.39 is 11.7 Å². The van der Waals surface area contributed by atoms with E-state index in [1.165, 1.54) is 12.1 Å². The van der Waals surface area contributed by atoms with Crippen molar-refractivity contribution in [1.29, 1.82) is 0 Å². The van der Waals surface area contributed by atoms with Gasteiger partial charge in [-0.25, -0.2) is 0 Å². The first-order valence-corrected chi connectivity index (χ1v) is 9.91. The topological polar surface area (TPSA) is 63.5 Å². The summed E-state index contributed by atoms with van der Waals surface area (Å²) in [5.41, 5.74) is 1.81. The van der Waals surface area contributed by atoms with Gasteiger partial charge in [0.1, 0.15) is 5.75 Å². The first kappa shape index (κ1) is 21.0. The third-order valence-electron chi connectivity index (χ3n) is 5.19. The lowest BCUT2D eigenvalue weighted by Gasteiger charge is -2.13. The quantitative estimate of drug-likeness (QED) is 0.582. The van der Waals surface area contributed by atoms with Gasteiger partial charge in [0, 0.05) is 30.1 Å². The van der Waals surface area contributed by atoms with Gasteiger partial charge >= 0.3 is 6.18 Å². The minimum Gasteiger partial charge on any atom is -0.493 e. The molecule has 0 spiro atoms. The fourth-order valence-corrected chi connectivity index (χ4v) is 3.71. The van der Waals surface area contributed by atoms with E-state index in [2.05, 4.69) is 5.32 Å². The standard InChI is InChI=1S/C23H21F3N2O3/c24-23(25,26)17-4-6-19-16(2-1-11-31-21(19)13-17)12-22(30)27-18-5-3-15-7-8-28(9-10-29)20(15)14-18/h3-8,12-14,29H,1-2,9-11H2,(H,27,30)/b16-12+. The van der Waals surface area contributed by atoms with E-state index in [0.717, 1.165) is 23.0 Å². The second kappa shape index (κ2) is 8.47. The zero-order chi connectivity index (χ0) is 22.0. The number of carbonyl (C=O) groups is 1. The SMILES string of the molecule is O=C(/C=C1\CCCOc2cc(C(F)(F)F)ccc21)Nc1ccc2ccn(CCO)c2c1. The number of allylic oxidation sites excluding steroid dienone is 1. The lowest BCUT2D eigenvalue weighted by Crippen LogP contribution is -2.09. The number of halogens is 3. The number of carbonyl (C=O) groups excluding carboxylic acids is 1. The summed E-state index contributed by atoms with van der Waals surface area (Å²) < 4.78 is 46.5. The van der Waals surface area contributed by atoms with Gasteiger partial charge in [-0.15, -0.1) is 0 Å². The predicted octanol–water partition coefficient (Wildman–Crippen LogP) is 4.85. The number of hydrogen-bond acceptors (Lipinski definition) is 3. The molecule has 0 radical (unpaired) electrons. The van der Waals surface area contributed by atoms with Crippen LogP contribution in [0.5, 0.6) is 5.75 Å². The molecule has 2 heterocycles. The van der Waals surface area contributed by atoms with Crippen molar-refractivity contribution in [2.24, 2.45) is 0 Å². The number of nitrogens with one attached hydrogen (secondary N) is 1. The highest BCUT2D eigenvalue weighted by atomic mass is 19.4. The molecule has 3 aromatic rings. The Morgan fingerprint density at radius 1 is 1.19 bits per heavy atom. The van der Waals surface area contributed by atoms with Gasteiger partial charge in [0.15, 0.2) is 0 Å². The van der Waals surface area contributed by atoms with Crippen LogP contribution in [0.3, 0.4) is 0 Å². The monoisotopic (exact) mass is 430 g/mol. The van der Waals surface area contributed by atoms with Crippen molar-refractivity contribution in [1.82, 2.24) is 4.57 Å². The van der Waals surface area contributed by atoms with Gasteiger partial charge in [-0.05, 0) is 54.1 Å². The first-order valence-electron chi connectivity index (χ1n) is 9.91. The van der Waals surface area contributed by atoms with E-state index in [-0.39, 0.29) is 24.9 Å². The average Bonchev–Trinajstić information content (AvgIpc) is 3.00. The Morgan fingerprint density at radius 2 is 2.03 bits per heavy atom. The van der Waals surface area contributed by atoms with E-state index in [0.29, 0.717) is 36.2 Å². The van der Waals surface area contributed by atoms with Crippen LogP contribution in [0.25, 0.3) is 16.5 Å². The van der Waals surface area contributed by atoms with Crippen LogP contribution in [0.15, 0.2) is 54.7 Å². The highest BCUT2D eigenvalue weighted by molar-refractivity contribution is 6.05. The van der Waals surface area contributed by atoms with Gasteiger partial charge in [0.25, 0.3) is 0 Å². The maximum absolute atomic E-state index is 13.0. The molecule has 31 heavy (non-hydrogen) atoms. The largest absolute Gasteiger partial charge is 0.493 e. The van der Waals surface area contributed by atoms with E-state index in [1.54, 1.807) is 6.07 Å². The second-order valence-corrected chi connectivity index (χ2v) is 7.33. The fraction of sp³-hybridized carbons (Fsp3) is 0.261. The van der Waals surface area contributed by atoms with Gasteiger partial charge in [0.2, 0.25) is 5.91 Å². The molecule has 1 aromatic heterocycles. The number of aromatic nitrogens is 1. The highest BCUT2D eigenvalue weighted by Gasteiger charge is 2.32. The molecular formula is C23H21F3N2O3. The number of hydrogen-bond donors (Lipinski definition) is 2. The maximum Gasteiger partial charge on any atom is 0.416 e. The molecule has 1 aliphatic heterocycles. The van der Waals surface area contributed by atoms with Gasteiger partial charge in [-0.3, -0.25) is 4.79 Å². The van der Waals surface area contributed by atoms with E-state index in [4.69, 9.17) is 4.74 Å². The Bertz CT molecular complexity index is 1150. The number of aliphatic hydroxyl groups is 1. The average molecular weight is 430 g/mol. The number of alkyl halides is 3. The molecule has 2 aromatic carbocycles. The molecular weight excluding hydrogens is 409 g/mol. The van der Waals surface area contributed by atoms with Gasteiger partial charge in [-0.2, -0.15) is 13.2 Å².